The maximum Gasteiger partial charge on any atom is 0.143 e. The molecule has 0 saturated heterocycles. The van der Waals surface area contributed by atoms with Crippen LogP contribution in [0.1, 0.15) is 19.5 Å². The maximum absolute atomic E-state index is 11.7. The molecule has 0 aliphatic carbocycles. The van der Waals surface area contributed by atoms with Gasteiger partial charge in [0.25, 0.3) is 0 Å². The number of Topliss-reactive ketones (excluding diaryl/α,β-unsaturated/α-hetero) is 1. The molecule has 0 fully saturated rings. The number of ketones is 1. The molecular weight excluding hydrogens is 192 g/mol. The Labute approximate surface area is 89.9 Å². The second-order valence-corrected chi connectivity index (χ2v) is 3.74. The van der Waals surface area contributed by atoms with Crippen molar-refractivity contribution in [1.29, 1.82) is 0 Å². The van der Waals surface area contributed by atoms with Gasteiger partial charge in [-0.3, -0.25) is 9.48 Å². The first-order valence-corrected chi connectivity index (χ1v) is 5.22. The topological polar surface area (TPSA) is 59.8 Å². The molecule has 0 radical (unpaired) electrons. The number of aromatic nitrogens is 3. The van der Waals surface area contributed by atoms with Crippen LogP contribution in [-0.4, -0.2) is 33.9 Å². The summed E-state index contributed by atoms with van der Waals surface area (Å²) < 4.78 is 1.61. The van der Waals surface area contributed by atoms with E-state index in [1.54, 1.807) is 17.9 Å². The summed E-state index contributed by atoms with van der Waals surface area (Å²) >= 11 is 0. The molecule has 1 N–H and O–H groups in total. The Morgan fingerprint density at radius 2 is 2.40 bits per heavy atom. The summed E-state index contributed by atoms with van der Waals surface area (Å²) in [5, 5.41) is 10.8. The molecule has 0 bridgehead atoms. The van der Waals surface area contributed by atoms with Gasteiger partial charge in [-0.15, -0.1) is 5.10 Å². The molecular formula is C10H18N4O. The number of carbonyl (C=O) groups excluding carboxylic acids is 1. The minimum atomic E-state index is 0.0342. The molecule has 1 heterocycles. The van der Waals surface area contributed by atoms with Gasteiger partial charge in [-0.2, -0.15) is 0 Å². The first-order chi connectivity index (χ1) is 7.13. The smallest absolute Gasteiger partial charge is 0.143 e. The van der Waals surface area contributed by atoms with Gasteiger partial charge < -0.3 is 5.32 Å². The van der Waals surface area contributed by atoms with Gasteiger partial charge in [0.2, 0.25) is 0 Å². The Morgan fingerprint density at radius 1 is 1.67 bits per heavy atom. The van der Waals surface area contributed by atoms with Crippen LogP contribution in [0.15, 0.2) is 6.20 Å². The average Bonchev–Trinajstić information content (AvgIpc) is 2.60. The molecule has 0 saturated carbocycles. The summed E-state index contributed by atoms with van der Waals surface area (Å²) in [5.74, 6) is 0.239. The predicted molar refractivity (Wildman–Crippen MR) is 57.4 cm³/mol. The molecule has 1 unspecified atom stereocenters. The fraction of sp³-hybridized carbons (Fsp3) is 0.700. The predicted octanol–water partition coefficient (Wildman–Crippen LogP) is 0.172. The summed E-state index contributed by atoms with van der Waals surface area (Å²) in [6.07, 6.45) is 2.15. The molecule has 15 heavy (non-hydrogen) atoms. The lowest BCUT2D eigenvalue weighted by atomic mass is 10.0. The molecule has 0 amide bonds. The van der Waals surface area contributed by atoms with Crippen LogP contribution in [0.3, 0.4) is 0 Å². The third-order valence-corrected chi connectivity index (χ3v) is 2.26. The Kier molecular flexibility index (Phi) is 4.42. The van der Waals surface area contributed by atoms with Gasteiger partial charge in [0.05, 0.1) is 12.1 Å². The summed E-state index contributed by atoms with van der Waals surface area (Å²) in [6.45, 7) is 5.58. The van der Waals surface area contributed by atoms with Crippen LogP contribution in [0.25, 0.3) is 0 Å². The Bertz CT molecular complexity index is 321. The van der Waals surface area contributed by atoms with Crippen LogP contribution < -0.4 is 5.32 Å². The van der Waals surface area contributed by atoms with Crippen LogP contribution in [-0.2, 0) is 18.3 Å². The number of hydrogen-bond acceptors (Lipinski definition) is 4. The monoisotopic (exact) mass is 210 g/mol. The van der Waals surface area contributed by atoms with Gasteiger partial charge >= 0.3 is 0 Å². The molecule has 1 aromatic rings. The molecule has 84 valence electrons. The summed E-state index contributed by atoms with van der Waals surface area (Å²) in [6, 6.07) is 0. The van der Waals surface area contributed by atoms with Crippen LogP contribution in [0.5, 0.6) is 0 Å². The SMILES string of the molecule is CCNCC(C)C(=O)Cc1cn(C)nn1. The van der Waals surface area contributed by atoms with Crippen LogP contribution in [0.4, 0.5) is 0 Å². The van der Waals surface area contributed by atoms with Crippen molar-refractivity contribution in [2.45, 2.75) is 20.3 Å². The van der Waals surface area contributed by atoms with E-state index in [2.05, 4.69) is 15.6 Å². The van der Waals surface area contributed by atoms with E-state index in [1.807, 2.05) is 13.8 Å². The quantitative estimate of drug-likeness (QED) is 0.727. The summed E-state index contributed by atoms with van der Waals surface area (Å²) in [4.78, 5) is 11.7. The van der Waals surface area contributed by atoms with Crippen molar-refractivity contribution in [3.63, 3.8) is 0 Å². The first-order valence-electron chi connectivity index (χ1n) is 5.22. The van der Waals surface area contributed by atoms with E-state index in [0.29, 0.717) is 6.42 Å². The number of aryl methyl sites for hydroxylation is 1. The van der Waals surface area contributed by atoms with Crippen LogP contribution >= 0.6 is 0 Å². The minimum absolute atomic E-state index is 0.0342. The molecule has 0 aliphatic rings. The van der Waals surface area contributed by atoms with E-state index in [1.165, 1.54) is 0 Å². The number of rotatable bonds is 6. The van der Waals surface area contributed by atoms with E-state index < -0.39 is 0 Å². The average molecular weight is 210 g/mol. The van der Waals surface area contributed by atoms with Crippen LogP contribution in [0.2, 0.25) is 0 Å². The van der Waals surface area contributed by atoms with Gasteiger partial charge in [0.15, 0.2) is 0 Å². The molecule has 1 rings (SSSR count). The van der Waals surface area contributed by atoms with E-state index >= 15 is 0 Å². The van der Waals surface area contributed by atoms with E-state index in [9.17, 15) is 4.79 Å². The zero-order valence-electron chi connectivity index (χ0n) is 9.53. The Balaban J connectivity index is 2.41. The maximum atomic E-state index is 11.7. The molecule has 0 aliphatic heterocycles. The van der Waals surface area contributed by atoms with Crippen molar-refractivity contribution in [2.24, 2.45) is 13.0 Å². The third-order valence-electron chi connectivity index (χ3n) is 2.26. The fourth-order valence-electron chi connectivity index (χ4n) is 1.30. The summed E-state index contributed by atoms with van der Waals surface area (Å²) in [5.41, 5.74) is 0.742. The van der Waals surface area contributed by atoms with Gasteiger partial charge in [0.1, 0.15) is 5.78 Å². The number of nitrogens with zero attached hydrogens (tertiary/aromatic N) is 3. The lowest BCUT2D eigenvalue weighted by Gasteiger charge is -2.09. The van der Waals surface area contributed by atoms with Crippen molar-refractivity contribution < 1.29 is 4.79 Å². The fourth-order valence-corrected chi connectivity index (χ4v) is 1.30. The van der Waals surface area contributed by atoms with Crippen molar-refractivity contribution in [2.75, 3.05) is 13.1 Å². The van der Waals surface area contributed by atoms with Gasteiger partial charge in [-0.25, -0.2) is 0 Å². The van der Waals surface area contributed by atoms with Crippen molar-refractivity contribution in [3.8, 4) is 0 Å². The van der Waals surface area contributed by atoms with E-state index in [0.717, 1.165) is 18.8 Å². The highest BCUT2D eigenvalue weighted by atomic mass is 16.1. The second-order valence-electron chi connectivity index (χ2n) is 3.74. The largest absolute Gasteiger partial charge is 0.316 e. The standard InChI is InChI=1S/C10H18N4O/c1-4-11-6-8(2)10(15)5-9-7-14(3)13-12-9/h7-8,11H,4-6H2,1-3H3. The second kappa shape index (κ2) is 5.60. The van der Waals surface area contributed by atoms with E-state index in [-0.39, 0.29) is 11.7 Å². The summed E-state index contributed by atoms with van der Waals surface area (Å²) in [7, 11) is 1.79. The van der Waals surface area contributed by atoms with E-state index in [4.69, 9.17) is 0 Å². The zero-order chi connectivity index (χ0) is 11.3. The van der Waals surface area contributed by atoms with Gasteiger partial charge in [0, 0.05) is 25.7 Å². The third kappa shape index (κ3) is 3.79. The molecule has 5 heteroatoms. The van der Waals surface area contributed by atoms with Crippen molar-refractivity contribution >= 4 is 5.78 Å². The zero-order valence-corrected chi connectivity index (χ0v) is 9.53. The highest BCUT2D eigenvalue weighted by molar-refractivity contribution is 5.82. The Hall–Kier alpha value is -1.23. The van der Waals surface area contributed by atoms with Crippen molar-refractivity contribution in [1.82, 2.24) is 20.3 Å². The van der Waals surface area contributed by atoms with Gasteiger partial charge in [-0.05, 0) is 6.54 Å². The molecule has 1 aromatic heterocycles. The number of carbonyl (C=O) groups is 1. The number of nitrogens with one attached hydrogen (secondary N) is 1. The molecule has 0 aromatic carbocycles. The number of hydrogen-bond donors (Lipinski definition) is 1. The lowest BCUT2D eigenvalue weighted by Crippen LogP contribution is -2.27. The lowest BCUT2D eigenvalue weighted by molar-refractivity contribution is -0.121. The van der Waals surface area contributed by atoms with Gasteiger partial charge in [-0.1, -0.05) is 19.1 Å². The molecule has 1 atom stereocenters. The highest BCUT2D eigenvalue weighted by Crippen LogP contribution is 2.02. The first kappa shape index (κ1) is 11.8. The minimum Gasteiger partial charge on any atom is -0.316 e. The van der Waals surface area contributed by atoms with Crippen molar-refractivity contribution in [3.05, 3.63) is 11.9 Å². The normalized spacial score (nSPS) is 12.7. The highest BCUT2D eigenvalue weighted by Gasteiger charge is 2.14. The van der Waals surface area contributed by atoms with Crippen LogP contribution in [0, 0.1) is 5.92 Å². The molecule has 0 spiro atoms. The molecule has 5 nitrogen and oxygen atoms in total. The Morgan fingerprint density at radius 3 is 2.93 bits per heavy atom.